The molecule has 0 spiro atoms. The zero-order valence-corrected chi connectivity index (χ0v) is 52.6. The van der Waals surface area contributed by atoms with E-state index >= 15 is 0 Å². The minimum Gasteiger partial charge on any atom is -0.388 e. The Morgan fingerprint density at radius 1 is 0.402 bits per heavy atom. The Kier molecular flexibility index (Phi) is 26.6. The molecule has 3 aliphatic heterocycles. The van der Waals surface area contributed by atoms with E-state index in [0.29, 0.717) is 16.7 Å². The molecule has 0 amide bonds. The van der Waals surface area contributed by atoms with Gasteiger partial charge < -0.3 is 61.9 Å². The van der Waals surface area contributed by atoms with Crippen molar-refractivity contribution in [3.63, 3.8) is 0 Å². The van der Waals surface area contributed by atoms with Crippen molar-refractivity contribution in [1.29, 1.82) is 0 Å². The van der Waals surface area contributed by atoms with Crippen LogP contribution in [0.1, 0.15) is 46.7 Å². The highest BCUT2D eigenvalue weighted by Crippen LogP contribution is 2.42. The topological polar surface area (TPSA) is 424 Å². The van der Waals surface area contributed by atoms with E-state index in [-0.39, 0.29) is 59.2 Å². The first-order chi connectivity index (χ1) is 47.7. The van der Waals surface area contributed by atoms with E-state index in [1.54, 1.807) is 24.3 Å². The molecule has 0 radical (unpaired) electrons. The van der Waals surface area contributed by atoms with E-state index in [0.717, 1.165) is 16.7 Å². The van der Waals surface area contributed by atoms with Crippen molar-refractivity contribution in [2.24, 2.45) is 30.7 Å². The fourth-order valence-electron chi connectivity index (χ4n) is 12.2. The molecule has 97 heavy (non-hydrogen) atoms. The zero-order chi connectivity index (χ0) is 67.6. The average molecular weight is 1330 g/mol. The van der Waals surface area contributed by atoms with Gasteiger partial charge in [0.05, 0.1) is 101 Å². The van der Waals surface area contributed by atoms with Crippen molar-refractivity contribution in [3.05, 3.63) is 278 Å². The lowest BCUT2D eigenvalue weighted by atomic mass is 9.83. The minimum absolute atomic E-state index is 0.00703. The van der Waals surface area contributed by atoms with E-state index in [9.17, 15) is 38.3 Å². The second-order valence-corrected chi connectivity index (χ2v) is 23.2. The molecule has 3 heterocycles. The Morgan fingerprint density at radius 2 is 0.794 bits per heavy atom. The SMILES string of the molecule is CC(N=[N+]=[N-])C1O[C@H](O[C@@H]2C(N=[N+]=[N-])CC(N=[N+]=[N-])C(OCc3ccccc3)C2O[C@@H]2O[C@H](COCc3ccccc3)C(O[C@H]3OC(CN=[N+]=[N-])[C@@H](OCc4ccccc4)C(OCc4ccccc4)C3N=[N+]=[N-])C2OCc2ccccc2)C(N=[N+]=[N-])C(OCc2ccccc2)[C@@H]1O. The number of azide groups is 6. The summed E-state index contributed by atoms with van der Waals surface area (Å²) < 4.78 is 82.2. The molecule has 504 valence electrons. The highest BCUT2D eigenvalue weighted by Gasteiger charge is 2.58. The Morgan fingerprint density at radius 3 is 1.27 bits per heavy atom. The van der Waals surface area contributed by atoms with Gasteiger partial charge >= 0.3 is 0 Å². The van der Waals surface area contributed by atoms with Crippen molar-refractivity contribution in [3.8, 4) is 0 Å². The molecule has 6 aromatic carbocycles. The maximum Gasteiger partial charge on any atom is 0.187 e. The summed E-state index contributed by atoms with van der Waals surface area (Å²) in [6.07, 6.45) is -21.0. The monoisotopic (exact) mass is 1320 g/mol. The number of aliphatic hydroxyl groups excluding tert-OH is 1. The van der Waals surface area contributed by atoms with Crippen LogP contribution >= 0.6 is 0 Å². The van der Waals surface area contributed by atoms with Gasteiger partial charge in [-0.2, -0.15) is 0 Å². The summed E-state index contributed by atoms with van der Waals surface area (Å²) in [6, 6.07) is 48.9. The Labute approximate surface area is 557 Å². The molecular weight excluding hydrogens is 1250 g/mol. The third-order valence-corrected chi connectivity index (χ3v) is 16.8. The van der Waals surface area contributed by atoms with Gasteiger partial charge in [0.15, 0.2) is 18.9 Å². The van der Waals surface area contributed by atoms with Crippen LogP contribution in [0.5, 0.6) is 0 Å². The standard InChI is InChI=1S/C66H72N18O13/c1-41(74-80-68)55-54(85)60(89-37-45-26-14-5-15-27-45)52(77-83-71)65(94-55)95-57-49(76-82-70)32-48(75-81-69)56(87-35-43-22-10-3-11-23-43)62(57)97-66-63(91-39-47-30-18-7-19-31-47)59(51(93-66)40-86-34-42-20-8-2-9-21-42)96-64-53(78-84-72)61(90-38-46-28-16-6-17-29-46)58(50(92-64)33-73-79-67)88-36-44-24-12-4-13-25-44/h2-31,41,48-66,85H,32-40H2,1H3/t41?,48?,49?,50?,51-,52?,53?,54-,55?,56?,57-,58-,59?,60?,61?,62?,63?,64-,65-,66+/m1/s1. The third-order valence-electron chi connectivity index (χ3n) is 16.8. The molecule has 1 aliphatic carbocycles. The molecule has 4 fully saturated rings. The number of aliphatic hydroxyl groups is 1. The molecule has 6 aromatic rings. The van der Waals surface area contributed by atoms with Gasteiger partial charge in [0, 0.05) is 29.5 Å². The van der Waals surface area contributed by atoms with Gasteiger partial charge in [0.1, 0.15) is 54.8 Å². The van der Waals surface area contributed by atoms with E-state index in [1.807, 2.05) is 158 Å². The van der Waals surface area contributed by atoms with Crippen molar-refractivity contribution >= 4 is 0 Å². The van der Waals surface area contributed by atoms with E-state index < -0.39 is 122 Å². The molecule has 31 heteroatoms. The Balaban J connectivity index is 1.09. The van der Waals surface area contributed by atoms with Gasteiger partial charge in [0.25, 0.3) is 0 Å². The van der Waals surface area contributed by atoms with Crippen molar-refractivity contribution in [2.75, 3.05) is 13.2 Å². The summed E-state index contributed by atoms with van der Waals surface area (Å²) in [5, 5.41) is 36.7. The van der Waals surface area contributed by atoms with Gasteiger partial charge in [-0.1, -0.05) is 220 Å². The molecule has 0 bridgehead atoms. The Bertz CT molecular complexity index is 3710. The van der Waals surface area contributed by atoms with Crippen LogP contribution in [0.2, 0.25) is 0 Å². The number of nitrogens with zero attached hydrogens (tertiary/aromatic N) is 18. The number of hydrogen-bond donors (Lipinski definition) is 1. The van der Waals surface area contributed by atoms with E-state index in [4.69, 9.17) is 56.8 Å². The van der Waals surface area contributed by atoms with Crippen LogP contribution in [0, 0.1) is 0 Å². The van der Waals surface area contributed by atoms with Crippen LogP contribution in [0.4, 0.5) is 0 Å². The molecule has 0 aromatic heterocycles. The van der Waals surface area contributed by atoms with Gasteiger partial charge in [-0.05, 0) is 73.0 Å². The van der Waals surface area contributed by atoms with Gasteiger partial charge in [-0.15, -0.1) is 0 Å². The number of rotatable bonds is 33. The molecule has 20 atom stereocenters. The van der Waals surface area contributed by atoms with Crippen LogP contribution < -0.4 is 0 Å². The van der Waals surface area contributed by atoms with Crippen molar-refractivity contribution < 1.29 is 61.9 Å². The van der Waals surface area contributed by atoms with E-state index in [2.05, 4.69) is 60.2 Å². The normalized spacial score (nSPS) is 29.3. The first-order valence-electron chi connectivity index (χ1n) is 31.4. The molecule has 4 aliphatic rings. The number of hydrogen-bond acceptors (Lipinski definition) is 19. The molecular formula is C66H72N18O13. The summed E-state index contributed by atoms with van der Waals surface area (Å²) in [5.41, 5.74) is 65.5. The van der Waals surface area contributed by atoms with Crippen molar-refractivity contribution in [2.45, 2.75) is 175 Å². The molecule has 10 rings (SSSR count). The van der Waals surface area contributed by atoms with Crippen molar-refractivity contribution in [1.82, 2.24) is 0 Å². The maximum atomic E-state index is 12.1. The first-order valence-corrected chi connectivity index (χ1v) is 31.4. The van der Waals surface area contributed by atoms with Crippen LogP contribution in [0.25, 0.3) is 62.7 Å². The van der Waals surface area contributed by atoms with Crippen LogP contribution in [-0.2, 0) is 96.5 Å². The Hall–Kier alpha value is -9.34. The molecule has 13 unspecified atom stereocenters. The van der Waals surface area contributed by atoms with E-state index in [1.165, 1.54) is 6.92 Å². The fourth-order valence-corrected chi connectivity index (χ4v) is 12.2. The highest BCUT2D eigenvalue weighted by molar-refractivity contribution is 5.19. The second-order valence-electron chi connectivity index (χ2n) is 23.2. The van der Waals surface area contributed by atoms with Gasteiger partial charge in [-0.25, -0.2) is 0 Å². The smallest absolute Gasteiger partial charge is 0.187 e. The molecule has 1 saturated carbocycles. The molecule has 3 saturated heterocycles. The number of ether oxygens (including phenoxy) is 12. The summed E-state index contributed by atoms with van der Waals surface area (Å²) >= 11 is 0. The van der Waals surface area contributed by atoms with Gasteiger partial charge in [-0.3, -0.25) is 0 Å². The van der Waals surface area contributed by atoms with Crippen LogP contribution in [0.3, 0.4) is 0 Å². The quantitative estimate of drug-likeness (QED) is 0.0228. The minimum atomic E-state index is -1.71. The fraction of sp³-hybridized carbons (Fsp3) is 0.455. The summed E-state index contributed by atoms with van der Waals surface area (Å²) in [6.45, 7) is 0.854. The van der Waals surface area contributed by atoms with Crippen LogP contribution in [0.15, 0.2) is 213 Å². The summed E-state index contributed by atoms with van der Waals surface area (Å²) in [4.78, 5) is 18.9. The maximum absolute atomic E-state index is 12.1. The predicted molar refractivity (Wildman–Crippen MR) is 347 cm³/mol. The first kappa shape index (κ1) is 70.5. The highest BCUT2D eigenvalue weighted by atomic mass is 16.8. The average Bonchev–Trinajstić information content (AvgIpc) is 1.24. The zero-order valence-electron chi connectivity index (χ0n) is 52.6. The summed E-state index contributed by atoms with van der Waals surface area (Å²) in [7, 11) is 0. The van der Waals surface area contributed by atoms with Crippen LogP contribution in [-0.4, -0.2) is 141 Å². The number of benzene rings is 6. The second kappa shape index (κ2) is 36.7. The largest absolute Gasteiger partial charge is 0.388 e. The third kappa shape index (κ3) is 19.0. The lowest BCUT2D eigenvalue weighted by Crippen LogP contribution is -2.64. The lowest BCUT2D eigenvalue weighted by Gasteiger charge is -2.49. The molecule has 1 N–H and O–H groups in total. The lowest BCUT2D eigenvalue weighted by molar-refractivity contribution is -0.317. The summed E-state index contributed by atoms with van der Waals surface area (Å²) in [5.74, 6) is 0. The molecule has 31 nitrogen and oxygen atoms in total. The van der Waals surface area contributed by atoms with Gasteiger partial charge in [0.2, 0.25) is 0 Å². The predicted octanol–water partition coefficient (Wildman–Crippen LogP) is 12.9.